The standard InChI is InChI=1S/C19H22FN3O2S/c1-13(19(25)22-15-9-5-4-8-14(15)20)23(2)12-18(24)21-16-10-6-7-11-17(16)26-3/h4-11,13H,12H2,1-3H3,(H,21,24)(H,22,25)/p+1/t13-/m0/s1. The normalized spacial score (nSPS) is 12.9. The molecule has 0 fully saturated rings. The summed E-state index contributed by atoms with van der Waals surface area (Å²) in [7, 11) is 1.76. The molecule has 0 radical (unpaired) electrons. The molecule has 0 aliphatic carbocycles. The van der Waals surface area contributed by atoms with Crippen LogP contribution in [0.5, 0.6) is 0 Å². The van der Waals surface area contributed by atoms with E-state index < -0.39 is 11.9 Å². The Balaban J connectivity index is 1.93. The molecule has 5 nitrogen and oxygen atoms in total. The average Bonchev–Trinajstić information content (AvgIpc) is 2.63. The highest BCUT2D eigenvalue weighted by atomic mass is 32.2. The molecule has 138 valence electrons. The Labute approximate surface area is 157 Å². The van der Waals surface area contributed by atoms with Crippen LogP contribution in [-0.4, -0.2) is 37.7 Å². The molecule has 0 bridgehead atoms. The average molecular weight is 376 g/mol. The van der Waals surface area contributed by atoms with Crippen molar-refractivity contribution in [2.45, 2.75) is 17.9 Å². The number of anilines is 2. The Kier molecular flexibility index (Phi) is 7.17. The van der Waals surface area contributed by atoms with E-state index in [1.54, 1.807) is 37.9 Å². The fourth-order valence-corrected chi connectivity index (χ4v) is 2.93. The van der Waals surface area contributed by atoms with Gasteiger partial charge in [0.05, 0.1) is 18.4 Å². The van der Waals surface area contributed by atoms with Crippen molar-refractivity contribution < 1.29 is 18.9 Å². The van der Waals surface area contributed by atoms with Crippen LogP contribution in [0.25, 0.3) is 0 Å². The third-order valence-corrected chi connectivity index (χ3v) is 4.88. The number of para-hydroxylation sites is 2. The number of halogens is 1. The summed E-state index contributed by atoms with van der Waals surface area (Å²) in [5.74, 6) is -1.02. The van der Waals surface area contributed by atoms with E-state index in [2.05, 4.69) is 10.6 Å². The van der Waals surface area contributed by atoms with Crippen LogP contribution in [-0.2, 0) is 9.59 Å². The molecular formula is C19H23FN3O2S+. The van der Waals surface area contributed by atoms with Crippen LogP contribution in [0.15, 0.2) is 53.4 Å². The lowest BCUT2D eigenvalue weighted by Crippen LogP contribution is -3.14. The Bertz CT molecular complexity index is 785. The van der Waals surface area contributed by atoms with Gasteiger partial charge in [-0.05, 0) is 37.4 Å². The molecule has 0 aromatic heterocycles. The van der Waals surface area contributed by atoms with Gasteiger partial charge in [-0.25, -0.2) is 4.39 Å². The molecule has 0 saturated heterocycles. The summed E-state index contributed by atoms with van der Waals surface area (Å²) in [5, 5.41) is 5.43. The van der Waals surface area contributed by atoms with Gasteiger partial charge < -0.3 is 15.5 Å². The quantitative estimate of drug-likeness (QED) is 0.648. The van der Waals surface area contributed by atoms with Gasteiger partial charge in [0.25, 0.3) is 11.8 Å². The topological polar surface area (TPSA) is 62.6 Å². The third-order valence-electron chi connectivity index (χ3n) is 4.08. The number of quaternary nitrogens is 1. The minimum atomic E-state index is -0.517. The molecule has 2 aromatic carbocycles. The fraction of sp³-hybridized carbons (Fsp3) is 0.263. The summed E-state index contributed by atoms with van der Waals surface area (Å²) in [6.45, 7) is 1.82. The molecule has 0 aliphatic heterocycles. The van der Waals surface area contributed by atoms with E-state index in [1.165, 1.54) is 12.1 Å². The smallest absolute Gasteiger partial charge is 0.282 e. The largest absolute Gasteiger partial charge is 0.320 e. The Morgan fingerprint density at radius 3 is 2.35 bits per heavy atom. The van der Waals surface area contributed by atoms with Gasteiger partial charge in [-0.1, -0.05) is 24.3 Å². The first kappa shape index (κ1) is 19.9. The molecule has 1 unspecified atom stereocenters. The van der Waals surface area contributed by atoms with Gasteiger partial charge in [-0.3, -0.25) is 9.59 Å². The van der Waals surface area contributed by atoms with Crippen LogP contribution < -0.4 is 15.5 Å². The molecule has 2 aromatic rings. The SMILES string of the molecule is CSc1ccccc1NC(=O)C[NH+](C)[C@@H](C)C(=O)Nc1ccccc1F. The second-order valence-corrected chi connectivity index (χ2v) is 6.81. The predicted molar refractivity (Wildman–Crippen MR) is 103 cm³/mol. The zero-order chi connectivity index (χ0) is 19.1. The van der Waals surface area contributed by atoms with Crippen LogP contribution in [0, 0.1) is 5.82 Å². The highest BCUT2D eigenvalue weighted by molar-refractivity contribution is 7.98. The lowest BCUT2D eigenvalue weighted by Gasteiger charge is -2.21. The summed E-state index contributed by atoms with van der Waals surface area (Å²) in [4.78, 5) is 26.3. The van der Waals surface area contributed by atoms with Crippen LogP contribution in [0.3, 0.4) is 0 Å². The molecule has 2 atom stereocenters. The van der Waals surface area contributed by atoms with Crippen LogP contribution in [0.1, 0.15) is 6.92 Å². The van der Waals surface area contributed by atoms with Crippen molar-refractivity contribution in [2.75, 3.05) is 30.5 Å². The summed E-state index contributed by atoms with van der Waals surface area (Å²) < 4.78 is 13.7. The van der Waals surface area contributed by atoms with E-state index in [1.807, 2.05) is 30.5 Å². The van der Waals surface area contributed by atoms with Crippen molar-refractivity contribution in [3.05, 3.63) is 54.3 Å². The van der Waals surface area contributed by atoms with E-state index in [-0.39, 0.29) is 24.0 Å². The fourth-order valence-electron chi connectivity index (χ4n) is 2.38. The number of carbonyl (C=O) groups is 2. The first-order chi connectivity index (χ1) is 12.4. The number of hydrogen-bond donors (Lipinski definition) is 3. The van der Waals surface area contributed by atoms with Crippen molar-refractivity contribution in [3.8, 4) is 0 Å². The van der Waals surface area contributed by atoms with Crippen LogP contribution in [0.2, 0.25) is 0 Å². The van der Waals surface area contributed by atoms with E-state index in [4.69, 9.17) is 0 Å². The molecule has 3 N–H and O–H groups in total. The highest BCUT2D eigenvalue weighted by Crippen LogP contribution is 2.24. The monoisotopic (exact) mass is 376 g/mol. The van der Waals surface area contributed by atoms with Crippen molar-refractivity contribution >= 4 is 35.0 Å². The molecule has 0 aliphatic rings. The minimum Gasteiger partial charge on any atom is -0.320 e. The first-order valence-corrected chi connectivity index (χ1v) is 9.45. The maximum absolute atomic E-state index is 13.7. The lowest BCUT2D eigenvalue weighted by molar-refractivity contribution is -0.885. The summed E-state index contributed by atoms with van der Waals surface area (Å²) >= 11 is 1.55. The van der Waals surface area contributed by atoms with Crippen molar-refractivity contribution in [3.63, 3.8) is 0 Å². The van der Waals surface area contributed by atoms with Gasteiger partial charge in [-0.2, -0.15) is 0 Å². The lowest BCUT2D eigenvalue weighted by atomic mass is 10.2. The molecular weight excluding hydrogens is 353 g/mol. The van der Waals surface area contributed by atoms with Gasteiger partial charge in [0, 0.05) is 4.90 Å². The number of rotatable bonds is 7. The number of thioether (sulfide) groups is 1. The molecule has 0 heterocycles. The van der Waals surface area contributed by atoms with Crippen molar-refractivity contribution in [1.29, 1.82) is 0 Å². The van der Waals surface area contributed by atoms with E-state index in [9.17, 15) is 14.0 Å². The zero-order valence-corrected chi connectivity index (χ0v) is 15.8. The molecule has 7 heteroatoms. The zero-order valence-electron chi connectivity index (χ0n) is 15.0. The van der Waals surface area contributed by atoms with Crippen LogP contribution >= 0.6 is 11.8 Å². The number of nitrogens with one attached hydrogen (secondary N) is 3. The van der Waals surface area contributed by atoms with Crippen molar-refractivity contribution in [1.82, 2.24) is 0 Å². The van der Waals surface area contributed by atoms with Gasteiger partial charge in [0.1, 0.15) is 5.82 Å². The van der Waals surface area contributed by atoms with Crippen molar-refractivity contribution in [2.24, 2.45) is 0 Å². The van der Waals surface area contributed by atoms with Crippen LogP contribution in [0.4, 0.5) is 15.8 Å². The van der Waals surface area contributed by atoms with Gasteiger partial charge in [-0.15, -0.1) is 11.8 Å². The number of benzene rings is 2. The maximum Gasteiger partial charge on any atom is 0.282 e. The molecule has 26 heavy (non-hydrogen) atoms. The maximum atomic E-state index is 13.7. The summed E-state index contributed by atoms with van der Waals surface area (Å²) in [5.41, 5.74) is 0.886. The Hall–Kier alpha value is -2.38. The van der Waals surface area contributed by atoms with Gasteiger partial charge in [0.2, 0.25) is 0 Å². The first-order valence-electron chi connectivity index (χ1n) is 8.23. The minimum absolute atomic E-state index is 0.120. The molecule has 2 amide bonds. The number of likely N-dealkylation sites (N-methyl/N-ethyl adjacent to an activating group) is 1. The molecule has 0 spiro atoms. The second-order valence-electron chi connectivity index (χ2n) is 5.96. The Morgan fingerprint density at radius 2 is 1.69 bits per heavy atom. The predicted octanol–water partition coefficient (Wildman–Crippen LogP) is 2.03. The third kappa shape index (κ3) is 5.31. The van der Waals surface area contributed by atoms with E-state index in [0.29, 0.717) is 4.90 Å². The molecule has 0 saturated carbocycles. The van der Waals surface area contributed by atoms with E-state index in [0.717, 1.165) is 10.6 Å². The summed E-state index contributed by atoms with van der Waals surface area (Å²) in [6, 6.07) is 13.0. The number of carbonyl (C=O) groups excluding carboxylic acids is 2. The Morgan fingerprint density at radius 1 is 1.08 bits per heavy atom. The number of amides is 2. The number of hydrogen-bond acceptors (Lipinski definition) is 3. The summed E-state index contributed by atoms with van der Waals surface area (Å²) in [6.07, 6.45) is 1.94. The second kappa shape index (κ2) is 9.35. The highest BCUT2D eigenvalue weighted by Gasteiger charge is 2.24. The van der Waals surface area contributed by atoms with E-state index >= 15 is 0 Å². The van der Waals surface area contributed by atoms with Gasteiger partial charge in [0.15, 0.2) is 12.6 Å². The van der Waals surface area contributed by atoms with Gasteiger partial charge >= 0.3 is 0 Å². The molecule has 2 rings (SSSR count).